The predicted octanol–water partition coefficient (Wildman–Crippen LogP) is 2.56. The molecular weight excluding hydrogens is 292 g/mol. The van der Waals surface area contributed by atoms with Crippen LogP contribution in [0.25, 0.3) is 17.2 Å². The van der Waals surface area contributed by atoms with E-state index in [-0.39, 0.29) is 5.78 Å². The molecule has 2 heterocycles. The van der Waals surface area contributed by atoms with E-state index >= 15 is 0 Å². The third-order valence-electron chi connectivity index (χ3n) is 4.13. The number of Topliss-reactive ketones (excluding diaryl/α,β-unsaturated/α-hetero) is 1. The first kappa shape index (κ1) is 13.9. The molecule has 0 radical (unpaired) electrons. The van der Waals surface area contributed by atoms with E-state index in [1.807, 2.05) is 24.3 Å². The molecule has 0 unspecified atom stereocenters. The molecule has 1 atom stereocenters. The Kier molecular flexibility index (Phi) is 3.11. The number of methoxy groups -OCH3 is 1. The van der Waals surface area contributed by atoms with Gasteiger partial charge >= 0.3 is 0 Å². The standard InChI is InChI=1S/C17H16N4O2/c1-10-7-14-13(15(22)8-10)9-21-17(18-14)19-16(20-21)11-3-5-12(23-2)6-4-11/h3-6,9-10H,7-8H2,1-2H3/t10-/m1/s1. The van der Waals surface area contributed by atoms with E-state index in [1.165, 1.54) is 0 Å². The first-order valence-corrected chi connectivity index (χ1v) is 7.58. The van der Waals surface area contributed by atoms with Gasteiger partial charge in [-0.1, -0.05) is 6.92 Å². The summed E-state index contributed by atoms with van der Waals surface area (Å²) < 4.78 is 6.75. The number of carbonyl (C=O) groups is 1. The molecule has 0 amide bonds. The molecule has 1 aliphatic rings. The lowest BCUT2D eigenvalue weighted by molar-refractivity contribution is 0.0951. The minimum absolute atomic E-state index is 0.134. The summed E-state index contributed by atoms with van der Waals surface area (Å²) in [7, 11) is 1.63. The quantitative estimate of drug-likeness (QED) is 0.727. The van der Waals surface area contributed by atoms with Crippen molar-refractivity contribution in [2.75, 3.05) is 7.11 Å². The van der Waals surface area contributed by atoms with Crippen LogP contribution in [0, 0.1) is 5.92 Å². The van der Waals surface area contributed by atoms with Crippen molar-refractivity contribution in [1.82, 2.24) is 19.6 Å². The molecule has 1 aliphatic carbocycles. The van der Waals surface area contributed by atoms with Gasteiger partial charge in [-0.05, 0) is 36.6 Å². The Morgan fingerprint density at radius 3 is 2.70 bits per heavy atom. The highest BCUT2D eigenvalue weighted by Gasteiger charge is 2.25. The number of aromatic nitrogens is 4. The van der Waals surface area contributed by atoms with Gasteiger partial charge in [0.1, 0.15) is 5.75 Å². The Bertz CT molecular complexity index is 899. The van der Waals surface area contributed by atoms with Gasteiger partial charge in [0, 0.05) is 18.2 Å². The zero-order chi connectivity index (χ0) is 16.0. The van der Waals surface area contributed by atoms with Crippen molar-refractivity contribution in [2.45, 2.75) is 19.8 Å². The van der Waals surface area contributed by atoms with Crippen LogP contribution in [0.5, 0.6) is 5.75 Å². The summed E-state index contributed by atoms with van der Waals surface area (Å²) in [5.74, 6) is 2.36. The third kappa shape index (κ3) is 2.36. The highest BCUT2D eigenvalue weighted by Crippen LogP contribution is 2.25. The molecule has 0 aliphatic heterocycles. The summed E-state index contributed by atoms with van der Waals surface area (Å²) in [6.07, 6.45) is 3.13. The maximum absolute atomic E-state index is 12.2. The van der Waals surface area contributed by atoms with Gasteiger partial charge in [-0.15, -0.1) is 5.10 Å². The fourth-order valence-electron chi connectivity index (χ4n) is 2.94. The highest BCUT2D eigenvalue weighted by atomic mass is 16.5. The zero-order valence-corrected chi connectivity index (χ0v) is 13.0. The molecule has 116 valence electrons. The van der Waals surface area contributed by atoms with Crippen molar-refractivity contribution in [1.29, 1.82) is 0 Å². The second-order valence-corrected chi connectivity index (χ2v) is 5.95. The number of ketones is 1. The van der Waals surface area contributed by atoms with Crippen molar-refractivity contribution in [3.05, 3.63) is 41.7 Å². The highest BCUT2D eigenvalue weighted by molar-refractivity contribution is 5.98. The van der Waals surface area contributed by atoms with Gasteiger partial charge in [-0.2, -0.15) is 4.98 Å². The maximum atomic E-state index is 12.2. The van der Waals surface area contributed by atoms with Gasteiger partial charge in [0.15, 0.2) is 11.6 Å². The fraction of sp³-hybridized carbons (Fsp3) is 0.294. The molecule has 3 aromatic rings. The number of rotatable bonds is 2. The third-order valence-corrected chi connectivity index (χ3v) is 4.13. The smallest absolute Gasteiger partial charge is 0.252 e. The number of carbonyl (C=O) groups excluding carboxylic acids is 1. The van der Waals surface area contributed by atoms with Crippen LogP contribution in [-0.4, -0.2) is 32.5 Å². The van der Waals surface area contributed by atoms with Gasteiger partial charge < -0.3 is 4.74 Å². The van der Waals surface area contributed by atoms with Crippen molar-refractivity contribution in [2.24, 2.45) is 5.92 Å². The summed E-state index contributed by atoms with van der Waals surface area (Å²) in [6.45, 7) is 2.07. The van der Waals surface area contributed by atoms with Gasteiger partial charge in [0.05, 0.1) is 18.4 Å². The van der Waals surface area contributed by atoms with Crippen LogP contribution in [0.3, 0.4) is 0 Å². The zero-order valence-electron chi connectivity index (χ0n) is 13.0. The van der Waals surface area contributed by atoms with Crippen molar-refractivity contribution < 1.29 is 9.53 Å². The number of hydrogen-bond donors (Lipinski definition) is 0. The lowest BCUT2D eigenvalue weighted by Gasteiger charge is -2.18. The molecular formula is C17H16N4O2. The minimum Gasteiger partial charge on any atom is -0.497 e. The molecule has 0 saturated carbocycles. The van der Waals surface area contributed by atoms with Gasteiger partial charge in [0.25, 0.3) is 5.78 Å². The fourth-order valence-corrected chi connectivity index (χ4v) is 2.94. The van der Waals surface area contributed by atoms with E-state index in [0.29, 0.717) is 29.5 Å². The van der Waals surface area contributed by atoms with E-state index in [9.17, 15) is 4.79 Å². The molecule has 0 fully saturated rings. The summed E-state index contributed by atoms with van der Waals surface area (Å²) >= 11 is 0. The molecule has 23 heavy (non-hydrogen) atoms. The molecule has 0 saturated heterocycles. The second-order valence-electron chi connectivity index (χ2n) is 5.95. The summed E-state index contributed by atoms with van der Waals surface area (Å²) in [5, 5.41) is 4.45. The van der Waals surface area contributed by atoms with Crippen molar-refractivity contribution in [3.8, 4) is 17.1 Å². The normalized spacial score (nSPS) is 17.3. The topological polar surface area (TPSA) is 69.4 Å². The SMILES string of the molecule is COc1ccc(-c2nc3nc4c(cn3n2)C(=O)C[C@H](C)C4)cc1. The first-order valence-electron chi connectivity index (χ1n) is 7.58. The Labute approximate surface area is 133 Å². The van der Waals surface area contributed by atoms with Crippen LogP contribution in [0.2, 0.25) is 0 Å². The number of benzene rings is 1. The van der Waals surface area contributed by atoms with Crippen LogP contribution >= 0.6 is 0 Å². The van der Waals surface area contributed by atoms with Gasteiger partial charge in [-0.3, -0.25) is 4.79 Å². The molecule has 0 N–H and O–H groups in total. The molecule has 6 nitrogen and oxygen atoms in total. The van der Waals surface area contributed by atoms with E-state index in [0.717, 1.165) is 23.4 Å². The number of nitrogens with zero attached hydrogens (tertiary/aromatic N) is 4. The minimum atomic E-state index is 0.134. The van der Waals surface area contributed by atoms with Crippen LogP contribution in [0.15, 0.2) is 30.5 Å². The van der Waals surface area contributed by atoms with Crippen LogP contribution < -0.4 is 4.74 Å². The van der Waals surface area contributed by atoms with Crippen LogP contribution in [0.4, 0.5) is 0 Å². The lowest BCUT2D eigenvalue weighted by atomic mass is 9.88. The lowest BCUT2D eigenvalue weighted by Crippen LogP contribution is -2.20. The first-order chi connectivity index (χ1) is 11.1. The van der Waals surface area contributed by atoms with Gasteiger partial charge in [0.2, 0.25) is 0 Å². The molecule has 0 bridgehead atoms. The number of hydrogen-bond acceptors (Lipinski definition) is 5. The molecule has 4 rings (SSSR count). The van der Waals surface area contributed by atoms with Crippen molar-refractivity contribution >= 4 is 11.6 Å². The molecule has 2 aromatic heterocycles. The second kappa shape index (κ2) is 5.15. The summed E-state index contributed by atoms with van der Waals surface area (Å²) in [6, 6.07) is 7.54. The van der Waals surface area contributed by atoms with E-state index in [2.05, 4.69) is 22.0 Å². The number of ether oxygens (including phenoxy) is 1. The van der Waals surface area contributed by atoms with Crippen LogP contribution in [-0.2, 0) is 6.42 Å². The Balaban J connectivity index is 1.80. The van der Waals surface area contributed by atoms with E-state index < -0.39 is 0 Å². The van der Waals surface area contributed by atoms with Crippen molar-refractivity contribution in [3.63, 3.8) is 0 Å². The Hall–Kier alpha value is -2.76. The van der Waals surface area contributed by atoms with E-state index in [1.54, 1.807) is 17.8 Å². The maximum Gasteiger partial charge on any atom is 0.252 e. The molecule has 6 heteroatoms. The largest absolute Gasteiger partial charge is 0.497 e. The average molecular weight is 308 g/mol. The summed E-state index contributed by atoms with van der Waals surface area (Å²) in [4.78, 5) is 21.2. The molecule has 0 spiro atoms. The average Bonchev–Trinajstić information content (AvgIpc) is 2.96. The number of fused-ring (bicyclic) bond motifs is 2. The monoisotopic (exact) mass is 308 g/mol. The Morgan fingerprint density at radius 2 is 1.96 bits per heavy atom. The summed E-state index contributed by atoms with van der Waals surface area (Å²) in [5.41, 5.74) is 2.38. The van der Waals surface area contributed by atoms with Crippen LogP contribution in [0.1, 0.15) is 29.4 Å². The Morgan fingerprint density at radius 1 is 1.17 bits per heavy atom. The van der Waals surface area contributed by atoms with Gasteiger partial charge in [-0.25, -0.2) is 9.50 Å². The van der Waals surface area contributed by atoms with E-state index in [4.69, 9.17) is 4.74 Å². The predicted molar refractivity (Wildman–Crippen MR) is 84.6 cm³/mol. The molecule has 1 aromatic carbocycles.